The molecule has 15 heavy (non-hydrogen) atoms. The molecule has 0 aliphatic carbocycles. The molecule has 0 saturated heterocycles. The smallest absolute Gasteiger partial charge is 0.274 e. The van der Waals surface area contributed by atoms with E-state index in [1.54, 1.807) is 4.90 Å². The minimum absolute atomic E-state index is 0.137. The van der Waals surface area contributed by atoms with Crippen LogP contribution in [0.1, 0.15) is 31.3 Å². The van der Waals surface area contributed by atoms with Crippen molar-refractivity contribution in [3.05, 3.63) is 23.2 Å². The van der Waals surface area contributed by atoms with Crippen LogP contribution in [0.15, 0.2) is 12.4 Å². The van der Waals surface area contributed by atoms with Crippen molar-refractivity contribution in [2.75, 3.05) is 6.54 Å². The van der Waals surface area contributed by atoms with Gasteiger partial charge in [0.2, 0.25) is 0 Å². The van der Waals surface area contributed by atoms with E-state index in [0.717, 1.165) is 0 Å². The summed E-state index contributed by atoms with van der Waals surface area (Å²) < 4.78 is 0. The summed E-state index contributed by atoms with van der Waals surface area (Å²) >= 11 is 5.67. The van der Waals surface area contributed by atoms with Gasteiger partial charge in [0.1, 0.15) is 10.8 Å². The topological polar surface area (TPSA) is 46.1 Å². The summed E-state index contributed by atoms with van der Waals surface area (Å²) in [6.07, 6.45) is 2.84. The van der Waals surface area contributed by atoms with Crippen LogP contribution in [-0.2, 0) is 0 Å². The van der Waals surface area contributed by atoms with Gasteiger partial charge in [0.15, 0.2) is 0 Å². The number of hydrogen-bond acceptors (Lipinski definition) is 3. The highest BCUT2D eigenvalue weighted by atomic mass is 35.5. The molecule has 0 fully saturated rings. The van der Waals surface area contributed by atoms with Crippen LogP contribution in [0.3, 0.4) is 0 Å². The third kappa shape index (κ3) is 2.89. The number of carbonyl (C=O) groups excluding carboxylic acids is 1. The summed E-state index contributed by atoms with van der Waals surface area (Å²) in [4.78, 5) is 21.4. The molecule has 0 saturated carbocycles. The van der Waals surface area contributed by atoms with Crippen molar-refractivity contribution in [2.24, 2.45) is 0 Å². The monoisotopic (exact) mass is 227 g/mol. The maximum absolute atomic E-state index is 11.9. The highest BCUT2D eigenvalue weighted by molar-refractivity contribution is 6.29. The quantitative estimate of drug-likeness (QED) is 0.794. The molecular formula is C10H14ClN3O. The first-order chi connectivity index (χ1) is 7.06. The zero-order chi connectivity index (χ0) is 11.4. The van der Waals surface area contributed by atoms with Crippen molar-refractivity contribution >= 4 is 17.5 Å². The Morgan fingerprint density at radius 1 is 1.53 bits per heavy atom. The van der Waals surface area contributed by atoms with Crippen molar-refractivity contribution in [2.45, 2.75) is 26.8 Å². The van der Waals surface area contributed by atoms with Crippen LogP contribution in [0, 0.1) is 0 Å². The van der Waals surface area contributed by atoms with E-state index >= 15 is 0 Å². The van der Waals surface area contributed by atoms with E-state index in [1.165, 1.54) is 12.4 Å². The fraction of sp³-hybridized carbons (Fsp3) is 0.500. The maximum atomic E-state index is 11.9. The van der Waals surface area contributed by atoms with Gasteiger partial charge in [-0.05, 0) is 20.8 Å². The van der Waals surface area contributed by atoms with E-state index in [9.17, 15) is 4.79 Å². The summed E-state index contributed by atoms with van der Waals surface area (Å²) in [5, 5.41) is 0.237. The lowest BCUT2D eigenvalue weighted by molar-refractivity contribution is 0.0710. The number of rotatable bonds is 3. The fourth-order valence-corrected chi connectivity index (χ4v) is 1.48. The fourth-order valence-electron chi connectivity index (χ4n) is 1.34. The van der Waals surface area contributed by atoms with Gasteiger partial charge in [0.25, 0.3) is 5.91 Å². The van der Waals surface area contributed by atoms with Crippen LogP contribution < -0.4 is 0 Å². The Kier molecular flexibility index (Phi) is 4.03. The summed E-state index contributed by atoms with van der Waals surface area (Å²) in [5.41, 5.74) is 0.290. The molecule has 0 N–H and O–H groups in total. The SMILES string of the molecule is CCN(C(=O)c1cncc(Cl)n1)C(C)C. The normalized spacial score (nSPS) is 10.5. The molecule has 0 radical (unpaired) electrons. The lowest BCUT2D eigenvalue weighted by Gasteiger charge is -2.24. The number of carbonyl (C=O) groups is 1. The summed E-state index contributed by atoms with van der Waals surface area (Å²) in [7, 11) is 0. The van der Waals surface area contributed by atoms with E-state index < -0.39 is 0 Å². The minimum Gasteiger partial charge on any atom is -0.335 e. The molecule has 82 valence electrons. The molecule has 1 amide bonds. The Labute approximate surface area is 94.3 Å². The van der Waals surface area contributed by atoms with Crippen LogP contribution in [0.25, 0.3) is 0 Å². The van der Waals surface area contributed by atoms with Crippen LogP contribution in [-0.4, -0.2) is 33.4 Å². The zero-order valence-electron chi connectivity index (χ0n) is 9.07. The summed E-state index contributed by atoms with van der Waals surface area (Å²) in [6, 6.07) is 0.142. The van der Waals surface area contributed by atoms with E-state index in [2.05, 4.69) is 9.97 Å². The molecule has 0 aliphatic heterocycles. The highest BCUT2D eigenvalue weighted by Crippen LogP contribution is 2.08. The molecule has 0 aromatic carbocycles. The Hall–Kier alpha value is -1.16. The number of amides is 1. The van der Waals surface area contributed by atoms with Gasteiger partial charge in [-0.2, -0.15) is 0 Å². The van der Waals surface area contributed by atoms with Gasteiger partial charge in [0, 0.05) is 12.6 Å². The molecule has 0 unspecified atom stereocenters. The van der Waals surface area contributed by atoms with Crippen molar-refractivity contribution < 1.29 is 4.79 Å². The van der Waals surface area contributed by atoms with E-state index in [1.807, 2.05) is 20.8 Å². The maximum Gasteiger partial charge on any atom is 0.274 e. The first-order valence-electron chi connectivity index (χ1n) is 4.84. The van der Waals surface area contributed by atoms with Crippen LogP contribution >= 0.6 is 11.6 Å². The third-order valence-electron chi connectivity index (χ3n) is 2.05. The van der Waals surface area contributed by atoms with Crippen molar-refractivity contribution in [1.29, 1.82) is 0 Å². The van der Waals surface area contributed by atoms with Gasteiger partial charge in [-0.25, -0.2) is 4.98 Å². The van der Waals surface area contributed by atoms with Gasteiger partial charge in [-0.3, -0.25) is 9.78 Å². The second-order valence-corrected chi connectivity index (χ2v) is 3.80. The second kappa shape index (κ2) is 5.07. The van der Waals surface area contributed by atoms with Gasteiger partial charge in [-0.15, -0.1) is 0 Å². The molecule has 1 heterocycles. The van der Waals surface area contributed by atoms with E-state index in [-0.39, 0.29) is 22.8 Å². The Morgan fingerprint density at radius 3 is 2.67 bits per heavy atom. The highest BCUT2D eigenvalue weighted by Gasteiger charge is 2.18. The molecule has 0 bridgehead atoms. The van der Waals surface area contributed by atoms with Crippen LogP contribution in [0.2, 0.25) is 5.15 Å². The first-order valence-corrected chi connectivity index (χ1v) is 5.22. The average Bonchev–Trinajstić information content (AvgIpc) is 2.18. The predicted molar refractivity (Wildman–Crippen MR) is 58.9 cm³/mol. The lowest BCUT2D eigenvalue weighted by atomic mass is 10.3. The zero-order valence-corrected chi connectivity index (χ0v) is 9.82. The molecule has 1 aromatic rings. The number of hydrogen-bond donors (Lipinski definition) is 0. The van der Waals surface area contributed by atoms with Crippen molar-refractivity contribution in [1.82, 2.24) is 14.9 Å². The molecular weight excluding hydrogens is 214 g/mol. The molecule has 0 aliphatic rings. The van der Waals surface area contributed by atoms with E-state index in [0.29, 0.717) is 6.54 Å². The second-order valence-electron chi connectivity index (χ2n) is 3.41. The molecule has 1 rings (SSSR count). The van der Waals surface area contributed by atoms with Crippen LogP contribution in [0.5, 0.6) is 0 Å². The molecule has 4 nitrogen and oxygen atoms in total. The van der Waals surface area contributed by atoms with Gasteiger partial charge >= 0.3 is 0 Å². The molecule has 1 aromatic heterocycles. The predicted octanol–water partition coefficient (Wildman–Crippen LogP) is 2.00. The van der Waals surface area contributed by atoms with E-state index in [4.69, 9.17) is 11.6 Å². The summed E-state index contributed by atoms with van der Waals surface area (Å²) in [5.74, 6) is -0.137. The molecule has 0 spiro atoms. The Balaban J connectivity index is 2.93. The standard InChI is InChI=1S/C10H14ClN3O/c1-4-14(7(2)3)10(15)8-5-12-6-9(11)13-8/h5-7H,4H2,1-3H3. The van der Waals surface area contributed by atoms with Gasteiger partial charge in [0.05, 0.1) is 12.4 Å². The minimum atomic E-state index is -0.137. The number of nitrogens with zero attached hydrogens (tertiary/aromatic N) is 3. The lowest BCUT2D eigenvalue weighted by Crippen LogP contribution is -2.37. The third-order valence-corrected chi connectivity index (χ3v) is 2.23. The summed E-state index contributed by atoms with van der Waals surface area (Å²) in [6.45, 7) is 6.49. The van der Waals surface area contributed by atoms with Crippen molar-refractivity contribution in [3.63, 3.8) is 0 Å². The Bertz CT molecular complexity index is 354. The first kappa shape index (κ1) is 11.9. The van der Waals surface area contributed by atoms with Gasteiger partial charge in [-0.1, -0.05) is 11.6 Å². The van der Waals surface area contributed by atoms with Crippen molar-refractivity contribution in [3.8, 4) is 0 Å². The average molecular weight is 228 g/mol. The largest absolute Gasteiger partial charge is 0.335 e. The van der Waals surface area contributed by atoms with Gasteiger partial charge < -0.3 is 4.90 Å². The molecule has 5 heteroatoms. The Morgan fingerprint density at radius 2 is 2.20 bits per heavy atom. The molecule has 0 atom stereocenters. The number of halogens is 1. The van der Waals surface area contributed by atoms with Crippen LogP contribution in [0.4, 0.5) is 0 Å². The number of aromatic nitrogens is 2.